The molecule has 1 aromatic heterocycles. The number of hydrogen-bond donors (Lipinski definition) is 3. The SMILES string of the molecule is O=C(O)c1ncc2ccc(C(=O)O)c(C(=O)O)c2n1. The zero-order valence-corrected chi connectivity index (χ0v) is 9.19. The molecule has 19 heavy (non-hydrogen) atoms. The summed E-state index contributed by atoms with van der Waals surface area (Å²) in [5, 5.41) is 27.0. The van der Waals surface area contributed by atoms with Crippen molar-refractivity contribution in [1.82, 2.24) is 9.97 Å². The topological polar surface area (TPSA) is 138 Å². The number of nitrogens with zero attached hydrogens (tertiary/aromatic N) is 2. The van der Waals surface area contributed by atoms with E-state index in [1.807, 2.05) is 0 Å². The number of aromatic carboxylic acids is 3. The van der Waals surface area contributed by atoms with Gasteiger partial charge in [-0.05, 0) is 6.07 Å². The second-order valence-electron chi connectivity index (χ2n) is 3.54. The van der Waals surface area contributed by atoms with Crippen molar-refractivity contribution >= 4 is 28.8 Å². The van der Waals surface area contributed by atoms with Crippen LogP contribution in [0.15, 0.2) is 18.3 Å². The van der Waals surface area contributed by atoms with Crippen molar-refractivity contribution in [1.29, 1.82) is 0 Å². The molecule has 2 aromatic rings. The van der Waals surface area contributed by atoms with Gasteiger partial charge in [0, 0.05) is 11.6 Å². The number of carboxylic acids is 3. The Kier molecular flexibility index (Phi) is 2.83. The van der Waals surface area contributed by atoms with E-state index in [0.29, 0.717) is 0 Å². The third-order valence-electron chi connectivity index (χ3n) is 2.39. The summed E-state index contributed by atoms with van der Waals surface area (Å²) in [6.07, 6.45) is 1.13. The quantitative estimate of drug-likeness (QED) is 0.735. The molecule has 0 aliphatic carbocycles. The predicted molar refractivity (Wildman–Crippen MR) is 60.4 cm³/mol. The number of rotatable bonds is 3. The number of benzene rings is 1. The molecular formula is C11H6N2O6. The Morgan fingerprint density at radius 3 is 2.16 bits per heavy atom. The lowest BCUT2D eigenvalue weighted by Gasteiger charge is -2.05. The molecule has 3 N–H and O–H groups in total. The molecule has 8 heteroatoms. The molecule has 0 spiro atoms. The largest absolute Gasteiger partial charge is 0.478 e. The first-order chi connectivity index (χ1) is 8.91. The fourth-order valence-corrected chi connectivity index (χ4v) is 1.60. The molecule has 0 saturated carbocycles. The molecule has 0 saturated heterocycles. The van der Waals surface area contributed by atoms with Crippen LogP contribution in [0.25, 0.3) is 10.9 Å². The van der Waals surface area contributed by atoms with Crippen LogP contribution in [0.5, 0.6) is 0 Å². The van der Waals surface area contributed by atoms with Crippen LogP contribution in [0.4, 0.5) is 0 Å². The Hall–Kier alpha value is -3.03. The van der Waals surface area contributed by atoms with Crippen molar-refractivity contribution in [2.75, 3.05) is 0 Å². The van der Waals surface area contributed by atoms with E-state index < -0.39 is 34.9 Å². The second-order valence-corrected chi connectivity index (χ2v) is 3.54. The van der Waals surface area contributed by atoms with Gasteiger partial charge in [0.1, 0.15) is 5.56 Å². The maximum atomic E-state index is 11.2. The molecular weight excluding hydrogens is 256 g/mol. The van der Waals surface area contributed by atoms with E-state index in [1.54, 1.807) is 0 Å². The van der Waals surface area contributed by atoms with Crippen LogP contribution >= 0.6 is 0 Å². The lowest BCUT2D eigenvalue weighted by molar-refractivity contribution is 0.0652. The van der Waals surface area contributed by atoms with Crippen molar-refractivity contribution in [2.45, 2.75) is 0 Å². The minimum atomic E-state index is -1.50. The average molecular weight is 262 g/mol. The first-order valence-electron chi connectivity index (χ1n) is 4.91. The normalized spacial score (nSPS) is 10.3. The third kappa shape index (κ3) is 2.06. The third-order valence-corrected chi connectivity index (χ3v) is 2.39. The zero-order chi connectivity index (χ0) is 14.2. The number of carbonyl (C=O) groups is 3. The van der Waals surface area contributed by atoms with Gasteiger partial charge in [0.15, 0.2) is 0 Å². The summed E-state index contributed by atoms with van der Waals surface area (Å²) in [4.78, 5) is 40.0. The monoisotopic (exact) mass is 262 g/mol. The standard InChI is InChI=1S/C11H6N2O6/c14-9(15)5-2-1-4-3-12-8(11(18)19)13-7(4)6(5)10(16)17/h1-3H,(H,14,15)(H,16,17)(H,18,19). The Bertz CT molecular complexity index is 719. The Morgan fingerprint density at radius 1 is 0.947 bits per heavy atom. The zero-order valence-electron chi connectivity index (χ0n) is 9.19. The summed E-state index contributed by atoms with van der Waals surface area (Å²) in [6.45, 7) is 0. The van der Waals surface area contributed by atoms with Gasteiger partial charge in [0.2, 0.25) is 5.82 Å². The summed E-state index contributed by atoms with van der Waals surface area (Å²) < 4.78 is 0. The Morgan fingerprint density at radius 2 is 1.63 bits per heavy atom. The minimum Gasteiger partial charge on any atom is -0.478 e. The molecule has 0 bridgehead atoms. The van der Waals surface area contributed by atoms with E-state index in [0.717, 1.165) is 12.3 Å². The highest BCUT2D eigenvalue weighted by atomic mass is 16.4. The van der Waals surface area contributed by atoms with Crippen LogP contribution in [-0.4, -0.2) is 43.2 Å². The van der Waals surface area contributed by atoms with Crippen LogP contribution in [0.1, 0.15) is 31.3 Å². The molecule has 0 radical (unpaired) electrons. The Labute approximate surface area is 105 Å². The van der Waals surface area contributed by atoms with Crippen molar-refractivity contribution in [3.63, 3.8) is 0 Å². The van der Waals surface area contributed by atoms with E-state index in [1.165, 1.54) is 6.07 Å². The minimum absolute atomic E-state index is 0.222. The van der Waals surface area contributed by atoms with Crippen molar-refractivity contribution in [3.8, 4) is 0 Å². The van der Waals surface area contributed by atoms with Gasteiger partial charge in [-0.3, -0.25) is 0 Å². The summed E-state index contributed by atoms with van der Waals surface area (Å²) in [7, 11) is 0. The van der Waals surface area contributed by atoms with Crippen LogP contribution in [-0.2, 0) is 0 Å². The lowest BCUT2D eigenvalue weighted by atomic mass is 10.0. The fourth-order valence-electron chi connectivity index (χ4n) is 1.60. The highest BCUT2D eigenvalue weighted by molar-refractivity contribution is 6.10. The highest BCUT2D eigenvalue weighted by Gasteiger charge is 2.21. The van der Waals surface area contributed by atoms with Gasteiger partial charge in [0.25, 0.3) is 0 Å². The van der Waals surface area contributed by atoms with Gasteiger partial charge in [-0.1, -0.05) is 6.07 Å². The van der Waals surface area contributed by atoms with Gasteiger partial charge < -0.3 is 15.3 Å². The lowest BCUT2D eigenvalue weighted by Crippen LogP contribution is -2.11. The molecule has 8 nitrogen and oxygen atoms in total. The summed E-state index contributed by atoms with van der Waals surface area (Å²) in [5.74, 6) is -4.97. The molecule has 0 atom stereocenters. The summed E-state index contributed by atoms with van der Waals surface area (Å²) >= 11 is 0. The first-order valence-corrected chi connectivity index (χ1v) is 4.91. The molecule has 96 valence electrons. The molecule has 0 unspecified atom stereocenters. The molecule has 0 aliphatic heterocycles. The molecule has 1 heterocycles. The van der Waals surface area contributed by atoms with Gasteiger partial charge in [-0.2, -0.15) is 0 Å². The highest BCUT2D eigenvalue weighted by Crippen LogP contribution is 2.21. The number of carboxylic acid groups (broad SMARTS) is 3. The van der Waals surface area contributed by atoms with Crippen molar-refractivity contribution in [3.05, 3.63) is 35.3 Å². The van der Waals surface area contributed by atoms with E-state index in [2.05, 4.69) is 9.97 Å². The van der Waals surface area contributed by atoms with E-state index in [4.69, 9.17) is 15.3 Å². The van der Waals surface area contributed by atoms with Crippen LogP contribution < -0.4 is 0 Å². The van der Waals surface area contributed by atoms with E-state index >= 15 is 0 Å². The van der Waals surface area contributed by atoms with E-state index in [9.17, 15) is 14.4 Å². The molecule has 1 aromatic carbocycles. The summed E-state index contributed by atoms with van der Waals surface area (Å²) in [6, 6.07) is 2.43. The smallest absolute Gasteiger partial charge is 0.373 e. The van der Waals surface area contributed by atoms with Crippen LogP contribution in [0, 0.1) is 0 Å². The predicted octanol–water partition coefficient (Wildman–Crippen LogP) is 0.724. The number of aromatic nitrogens is 2. The van der Waals surface area contributed by atoms with Gasteiger partial charge >= 0.3 is 17.9 Å². The maximum absolute atomic E-state index is 11.2. The molecule has 0 fully saturated rings. The number of fused-ring (bicyclic) bond motifs is 1. The molecule has 0 amide bonds. The summed E-state index contributed by atoms with van der Waals surface area (Å²) in [5.41, 5.74) is -1.25. The van der Waals surface area contributed by atoms with Gasteiger partial charge in [-0.15, -0.1) is 0 Å². The number of hydrogen-bond acceptors (Lipinski definition) is 5. The molecule has 2 rings (SSSR count). The fraction of sp³-hybridized carbons (Fsp3) is 0. The molecule has 0 aliphatic rings. The van der Waals surface area contributed by atoms with Crippen molar-refractivity contribution in [2.24, 2.45) is 0 Å². The van der Waals surface area contributed by atoms with E-state index in [-0.39, 0.29) is 10.9 Å². The van der Waals surface area contributed by atoms with Crippen molar-refractivity contribution < 1.29 is 29.7 Å². The van der Waals surface area contributed by atoms with Gasteiger partial charge in [0.05, 0.1) is 11.1 Å². The van der Waals surface area contributed by atoms with Gasteiger partial charge in [-0.25, -0.2) is 24.4 Å². The average Bonchev–Trinajstić information content (AvgIpc) is 2.35. The maximum Gasteiger partial charge on any atom is 0.373 e. The van der Waals surface area contributed by atoms with Crippen LogP contribution in [0.2, 0.25) is 0 Å². The first kappa shape index (κ1) is 12.4. The Balaban J connectivity index is 2.89. The second kappa shape index (κ2) is 4.33. The van der Waals surface area contributed by atoms with Crippen LogP contribution in [0.3, 0.4) is 0 Å².